The summed E-state index contributed by atoms with van der Waals surface area (Å²) in [6.07, 6.45) is 0. The summed E-state index contributed by atoms with van der Waals surface area (Å²) in [5.74, 6) is 0. The zero-order chi connectivity index (χ0) is 12.2. The molecule has 1 nitrogen and oxygen atoms in total. The maximum Gasteiger partial charge on any atom is 0.139 e. The van der Waals surface area contributed by atoms with Crippen molar-refractivity contribution in [3.63, 3.8) is 0 Å². The van der Waals surface area contributed by atoms with Gasteiger partial charge in [0.25, 0.3) is 0 Å². The smallest absolute Gasteiger partial charge is 0.139 e. The standard InChI is InChI=1S/C14H10Br2O/c1-7-11(15)5-3-9-10-4-6-12(16)8(2)14(10)17-13(7)9/h3-6H,1-2H3. The van der Waals surface area contributed by atoms with E-state index in [1.54, 1.807) is 0 Å². The molecule has 3 aromatic rings. The van der Waals surface area contributed by atoms with Crippen LogP contribution < -0.4 is 0 Å². The topological polar surface area (TPSA) is 13.1 Å². The molecule has 0 bridgehead atoms. The molecule has 0 amide bonds. The Morgan fingerprint density at radius 1 is 0.765 bits per heavy atom. The number of aryl methyl sites for hydroxylation is 2. The third-order valence-electron chi connectivity index (χ3n) is 3.17. The molecule has 0 radical (unpaired) electrons. The number of rotatable bonds is 0. The second-order valence-electron chi connectivity index (χ2n) is 4.20. The lowest BCUT2D eigenvalue weighted by Gasteiger charge is -1.97. The first-order valence-corrected chi connectivity index (χ1v) is 6.94. The highest BCUT2D eigenvalue weighted by molar-refractivity contribution is 9.10. The van der Waals surface area contributed by atoms with Gasteiger partial charge in [0, 0.05) is 30.8 Å². The molecule has 1 heterocycles. The van der Waals surface area contributed by atoms with Crippen molar-refractivity contribution in [1.29, 1.82) is 0 Å². The van der Waals surface area contributed by atoms with E-state index in [4.69, 9.17) is 4.42 Å². The van der Waals surface area contributed by atoms with E-state index in [1.165, 1.54) is 10.8 Å². The minimum Gasteiger partial charge on any atom is -0.455 e. The van der Waals surface area contributed by atoms with Gasteiger partial charge in [0.1, 0.15) is 11.2 Å². The predicted molar refractivity (Wildman–Crippen MR) is 78.6 cm³/mol. The summed E-state index contributed by atoms with van der Waals surface area (Å²) >= 11 is 7.07. The van der Waals surface area contributed by atoms with Crippen LogP contribution in [0.5, 0.6) is 0 Å². The molecule has 0 atom stereocenters. The third-order valence-corrected chi connectivity index (χ3v) is 4.89. The number of halogens is 2. The molecule has 86 valence electrons. The number of benzene rings is 2. The highest BCUT2D eigenvalue weighted by Gasteiger charge is 2.13. The van der Waals surface area contributed by atoms with E-state index in [-0.39, 0.29) is 0 Å². The summed E-state index contributed by atoms with van der Waals surface area (Å²) < 4.78 is 8.18. The van der Waals surface area contributed by atoms with Crippen molar-refractivity contribution in [1.82, 2.24) is 0 Å². The molecule has 2 aromatic carbocycles. The Hall–Kier alpha value is -0.800. The molecule has 0 unspecified atom stereocenters. The molecular formula is C14H10Br2O. The number of furan rings is 1. The fraction of sp³-hybridized carbons (Fsp3) is 0.143. The lowest BCUT2D eigenvalue weighted by molar-refractivity contribution is 0.662. The molecule has 0 fully saturated rings. The SMILES string of the molecule is Cc1c(Br)ccc2c1oc1c(C)c(Br)ccc12. The molecule has 0 aliphatic rings. The van der Waals surface area contributed by atoms with Crippen molar-refractivity contribution in [2.75, 3.05) is 0 Å². The molecule has 0 aliphatic carbocycles. The van der Waals surface area contributed by atoms with Crippen molar-refractivity contribution in [2.24, 2.45) is 0 Å². The Morgan fingerprint density at radius 3 is 1.59 bits per heavy atom. The van der Waals surface area contributed by atoms with E-state index in [9.17, 15) is 0 Å². The third kappa shape index (κ3) is 1.56. The van der Waals surface area contributed by atoms with Crippen LogP contribution in [0.25, 0.3) is 21.9 Å². The second kappa shape index (κ2) is 3.85. The van der Waals surface area contributed by atoms with Gasteiger partial charge in [-0.25, -0.2) is 0 Å². The number of fused-ring (bicyclic) bond motifs is 3. The van der Waals surface area contributed by atoms with Gasteiger partial charge in [0.15, 0.2) is 0 Å². The van der Waals surface area contributed by atoms with Gasteiger partial charge in [0.05, 0.1) is 0 Å². The quantitative estimate of drug-likeness (QED) is 0.503. The lowest BCUT2D eigenvalue weighted by atomic mass is 10.1. The molecular weight excluding hydrogens is 344 g/mol. The monoisotopic (exact) mass is 352 g/mol. The summed E-state index contributed by atoms with van der Waals surface area (Å²) in [6.45, 7) is 4.14. The molecule has 17 heavy (non-hydrogen) atoms. The molecule has 0 N–H and O–H groups in total. The van der Waals surface area contributed by atoms with Gasteiger partial charge < -0.3 is 4.42 Å². The van der Waals surface area contributed by atoms with Crippen LogP contribution in [0.3, 0.4) is 0 Å². The van der Waals surface area contributed by atoms with Gasteiger partial charge in [-0.1, -0.05) is 31.9 Å². The van der Waals surface area contributed by atoms with Crippen molar-refractivity contribution in [3.8, 4) is 0 Å². The Morgan fingerprint density at radius 2 is 1.18 bits per heavy atom. The van der Waals surface area contributed by atoms with Crippen LogP contribution in [0.4, 0.5) is 0 Å². The molecule has 0 aliphatic heterocycles. The first kappa shape index (κ1) is 11.3. The first-order valence-electron chi connectivity index (χ1n) is 5.36. The zero-order valence-corrected chi connectivity index (χ0v) is 12.6. The minimum atomic E-state index is 0.968. The lowest BCUT2D eigenvalue weighted by Crippen LogP contribution is -1.76. The van der Waals surface area contributed by atoms with Crippen LogP contribution in [0.15, 0.2) is 37.6 Å². The molecule has 0 saturated carbocycles. The summed E-state index contributed by atoms with van der Waals surface area (Å²) in [6, 6.07) is 8.35. The van der Waals surface area contributed by atoms with E-state index in [0.29, 0.717) is 0 Å². The van der Waals surface area contributed by atoms with Gasteiger partial charge in [-0.05, 0) is 38.1 Å². The Kier molecular flexibility index (Phi) is 2.56. The second-order valence-corrected chi connectivity index (χ2v) is 5.91. The molecule has 3 rings (SSSR count). The van der Waals surface area contributed by atoms with Crippen LogP contribution in [-0.2, 0) is 0 Å². The van der Waals surface area contributed by atoms with Crippen molar-refractivity contribution in [2.45, 2.75) is 13.8 Å². The maximum atomic E-state index is 6.02. The summed E-state index contributed by atoms with van der Waals surface area (Å²) in [5, 5.41) is 2.35. The highest BCUT2D eigenvalue weighted by Crippen LogP contribution is 2.37. The summed E-state index contributed by atoms with van der Waals surface area (Å²) in [4.78, 5) is 0. The first-order chi connectivity index (χ1) is 8.09. The minimum absolute atomic E-state index is 0.968. The summed E-state index contributed by atoms with van der Waals surface area (Å²) in [7, 11) is 0. The fourth-order valence-corrected chi connectivity index (χ4v) is 2.75. The van der Waals surface area contributed by atoms with E-state index in [1.807, 2.05) is 0 Å². The van der Waals surface area contributed by atoms with Crippen LogP contribution in [0.1, 0.15) is 11.1 Å². The summed E-state index contributed by atoms with van der Waals surface area (Å²) in [5.41, 5.74) is 4.23. The average Bonchev–Trinajstić information content (AvgIpc) is 2.69. The Bertz CT molecular complexity index is 679. The van der Waals surface area contributed by atoms with Crippen LogP contribution >= 0.6 is 31.9 Å². The predicted octanol–water partition coefficient (Wildman–Crippen LogP) is 5.73. The normalized spacial score (nSPS) is 11.5. The highest BCUT2D eigenvalue weighted by atomic mass is 79.9. The largest absolute Gasteiger partial charge is 0.455 e. The van der Waals surface area contributed by atoms with Crippen molar-refractivity contribution in [3.05, 3.63) is 44.3 Å². The van der Waals surface area contributed by atoms with Gasteiger partial charge in [-0.2, -0.15) is 0 Å². The van der Waals surface area contributed by atoms with E-state index in [2.05, 4.69) is 70.0 Å². The van der Waals surface area contributed by atoms with Gasteiger partial charge in [-0.15, -0.1) is 0 Å². The Labute approximate surface area is 116 Å². The number of hydrogen-bond acceptors (Lipinski definition) is 1. The maximum absolute atomic E-state index is 6.02. The van der Waals surface area contributed by atoms with Gasteiger partial charge in [-0.3, -0.25) is 0 Å². The zero-order valence-electron chi connectivity index (χ0n) is 9.47. The van der Waals surface area contributed by atoms with Crippen LogP contribution in [0, 0.1) is 13.8 Å². The van der Waals surface area contributed by atoms with Crippen LogP contribution in [0.2, 0.25) is 0 Å². The van der Waals surface area contributed by atoms with Crippen molar-refractivity contribution < 1.29 is 4.42 Å². The van der Waals surface area contributed by atoms with Gasteiger partial charge in [0.2, 0.25) is 0 Å². The average molecular weight is 354 g/mol. The van der Waals surface area contributed by atoms with Crippen molar-refractivity contribution >= 4 is 53.8 Å². The van der Waals surface area contributed by atoms with E-state index < -0.39 is 0 Å². The fourth-order valence-electron chi connectivity index (χ4n) is 2.12. The molecule has 1 aromatic heterocycles. The Balaban J connectivity index is 2.58. The van der Waals surface area contributed by atoms with E-state index >= 15 is 0 Å². The molecule has 0 spiro atoms. The van der Waals surface area contributed by atoms with Gasteiger partial charge >= 0.3 is 0 Å². The number of hydrogen-bond donors (Lipinski definition) is 0. The van der Waals surface area contributed by atoms with Crippen LogP contribution in [-0.4, -0.2) is 0 Å². The molecule has 0 saturated heterocycles. The van der Waals surface area contributed by atoms with E-state index in [0.717, 1.165) is 31.2 Å². The molecule has 3 heteroatoms.